The van der Waals surface area contributed by atoms with E-state index in [4.69, 9.17) is 19.2 Å². The molecule has 0 saturated carbocycles. The largest absolute Gasteiger partial charge is 0.493 e. The van der Waals surface area contributed by atoms with E-state index in [2.05, 4.69) is 35.8 Å². The zero-order valence-corrected chi connectivity index (χ0v) is 17.3. The molecule has 1 aliphatic heterocycles. The highest BCUT2D eigenvalue weighted by atomic mass is 32.2. The molecule has 0 radical (unpaired) electrons. The second-order valence-corrected chi connectivity index (χ2v) is 7.42. The second-order valence-electron chi connectivity index (χ2n) is 6.01. The highest BCUT2D eigenvalue weighted by Gasteiger charge is 2.22. The number of ether oxygens (including phenoxy) is 3. The SMILES string of the molecule is CCNC(=NCc1ccc(OC)c(OC)c1OC)N1CCSC(CC)C1. The molecule has 1 aromatic carbocycles. The summed E-state index contributed by atoms with van der Waals surface area (Å²) in [5.41, 5.74) is 0.971. The van der Waals surface area contributed by atoms with Gasteiger partial charge in [0.05, 0.1) is 27.9 Å². The van der Waals surface area contributed by atoms with Gasteiger partial charge in [-0.1, -0.05) is 6.92 Å². The van der Waals surface area contributed by atoms with Gasteiger partial charge in [-0.3, -0.25) is 0 Å². The lowest BCUT2D eigenvalue weighted by molar-refractivity contribution is 0.322. The number of aliphatic imine (C=N–C) groups is 1. The van der Waals surface area contributed by atoms with Crippen LogP contribution in [0.5, 0.6) is 17.2 Å². The molecule has 146 valence electrons. The molecule has 26 heavy (non-hydrogen) atoms. The van der Waals surface area contributed by atoms with Crippen molar-refractivity contribution in [3.05, 3.63) is 17.7 Å². The lowest BCUT2D eigenvalue weighted by Crippen LogP contribution is -2.48. The van der Waals surface area contributed by atoms with Crippen LogP contribution in [-0.4, -0.2) is 62.8 Å². The van der Waals surface area contributed by atoms with E-state index in [9.17, 15) is 0 Å². The Bertz CT molecular complexity index is 610. The third-order valence-corrected chi connectivity index (χ3v) is 5.79. The number of methoxy groups -OCH3 is 3. The second kappa shape index (κ2) is 10.4. The Morgan fingerprint density at radius 1 is 1.19 bits per heavy atom. The van der Waals surface area contributed by atoms with Gasteiger partial charge in [0, 0.05) is 36.2 Å². The number of nitrogens with zero attached hydrogens (tertiary/aromatic N) is 2. The van der Waals surface area contributed by atoms with E-state index in [1.807, 2.05) is 12.1 Å². The maximum absolute atomic E-state index is 5.57. The first-order valence-corrected chi connectivity index (χ1v) is 10.2. The van der Waals surface area contributed by atoms with Gasteiger partial charge in [-0.2, -0.15) is 11.8 Å². The molecule has 0 amide bonds. The van der Waals surface area contributed by atoms with Crippen LogP contribution >= 0.6 is 11.8 Å². The van der Waals surface area contributed by atoms with E-state index in [1.165, 1.54) is 6.42 Å². The molecule has 7 heteroatoms. The fourth-order valence-corrected chi connectivity index (χ4v) is 4.21. The van der Waals surface area contributed by atoms with E-state index in [0.717, 1.165) is 36.9 Å². The number of benzene rings is 1. The van der Waals surface area contributed by atoms with E-state index in [1.54, 1.807) is 21.3 Å². The molecule has 1 aromatic rings. The predicted octanol–water partition coefficient (Wildman–Crippen LogP) is 3.01. The van der Waals surface area contributed by atoms with Crippen molar-refractivity contribution in [2.24, 2.45) is 4.99 Å². The number of hydrogen-bond donors (Lipinski definition) is 1. The molecule has 1 saturated heterocycles. The third kappa shape index (κ3) is 4.90. The minimum atomic E-state index is 0.520. The first-order chi connectivity index (χ1) is 12.7. The molecule has 6 nitrogen and oxygen atoms in total. The number of nitrogens with one attached hydrogen (secondary N) is 1. The normalized spacial score (nSPS) is 17.8. The number of rotatable bonds is 7. The zero-order valence-electron chi connectivity index (χ0n) is 16.5. The summed E-state index contributed by atoms with van der Waals surface area (Å²) in [6.07, 6.45) is 1.18. The van der Waals surface area contributed by atoms with E-state index in [-0.39, 0.29) is 0 Å². The summed E-state index contributed by atoms with van der Waals surface area (Å²) in [5, 5.41) is 4.10. The standard InChI is InChI=1S/C19H31N3O3S/c1-6-15-13-22(10-11-26-15)19(20-7-2)21-12-14-8-9-16(23-3)18(25-5)17(14)24-4/h8-9,15H,6-7,10-13H2,1-5H3,(H,20,21). The lowest BCUT2D eigenvalue weighted by atomic mass is 10.1. The molecule has 0 aromatic heterocycles. The van der Waals surface area contributed by atoms with Gasteiger partial charge in [-0.05, 0) is 25.5 Å². The molecule has 2 rings (SSSR count). The van der Waals surface area contributed by atoms with Crippen LogP contribution in [0.15, 0.2) is 17.1 Å². The Labute approximate surface area is 161 Å². The summed E-state index contributed by atoms with van der Waals surface area (Å²) in [6, 6.07) is 3.87. The van der Waals surface area contributed by atoms with Crippen molar-refractivity contribution in [3.8, 4) is 17.2 Å². The molecular formula is C19H31N3O3S. The Kier molecular flexibility index (Phi) is 8.22. The molecule has 1 atom stereocenters. The zero-order chi connectivity index (χ0) is 18.9. The highest BCUT2D eigenvalue weighted by molar-refractivity contribution is 8.00. The fourth-order valence-electron chi connectivity index (χ4n) is 3.03. The minimum absolute atomic E-state index is 0.520. The van der Waals surface area contributed by atoms with Crippen LogP contribution in [0.25, 0.3) is 0 Å². The minimum Gasteiger partial charge on any atom is -0.493 e. The molecule has 1 unspecified atom stereocenters. The van der Waals surface area contributed by atoms with Crippen molar-refractivity contribution in [3.63, 3.8) is 0 Å². The number of guanidine groups is 1. The van der Waals surface area contributed by atoms with Crippen molar-refractivity contribution in [2.45, 2.75) is 32.1 Å². The molecule has 0 aliphatic carbocycles. The molecule has 1 aliphatic rings. The predicted molar refractivity (Wildman–Crippen MR) is 109 cm³/mol. The van der Waals surface area contributed by atoms with E-state index < -0.39 is 0 Å². The van der Waals surface area contributed by atoms with Crippen LogP contribution in [0.4, 0.5) is 0 Å². The van der Waals surface area contributed by atoms with Gasteiger partial charge < -0.3 is 24.4 Å². The summed E-state index contributed by atoms with van der Waals surface area (Å²) in [4.78, 5) is 7.22. The fraction of sp³-hybridized carbons (Fsp3) is 0.632. The van der Waals surface area contributed by atoms with Gasteiger partial charge in [-0.15, -0.1) is 0 Å². The van der Waals surface area contributed by atoms with E-state index in [0.29, 0.717) is 29.0 Å². The average molecular weight is 382 g/mol. The van der Waals surface area contributed by atoms with Crippen LogP contribution in [0.1, 0.15) is 25.8 Å². The van der Waals surface area contributed by atoms with Crippen molar-refractivity contribution in [1.29, 1.82) is 0 Å². The van der Waals surface area contributed by atoms with Crippen molar-refractivity contribution < 1.29 is 14.2 Å². The number of thioether (sulfide) groups is 1. The summed E-state index contributed by atoms with van der Waals surface area (Å²) in [7, 11) is 4.88. The smallest absolute Gasteiger partial charge is 0.203 e. The van der Waals surface area contributed by atoms with Gasteiger partial charge in [0.15, 0.2) is 17.5 Å². The van der Waals surface area contributed by atoms with Gasteiger partial charge in [0.2, 0.25) is 5.75 Å². The van der Waals surface area contributed by atoms with Crippen molar-refractivity contribution >= 4 is 17.7 Å². The maximum atomic E-state index is 5.57. The maximum Gasteiger partial charge on any atom is 0.203 e. The van der Waals surface area contributed by atoms with Gasteiger partial charge in [0.25, 0.3) is 0 Å². The Hall–Kier alpha value is -1.76. The van der Waals surface area contributed by atoms with Crippen molar-refractivity contribution in [2.75, 3.05) is 46.7 Å². The van der Waals surface area contributed by atoms with Gasteiger partial charge in [0.1, 0.15) is 0 Å². The van der Waals surface area contributed by atoms with Crippen LogP contribution in [0.3, 0.4) is 0 Å². The highest BCUT2D eigenvalue weighted by Crippen LogP contribution is 2.40. The van der Waals surface area contributed by atoms with Crippen LogP contribution in [0, 0.1) is 0 Å². The molecular weight excluding hydrogens is 350 g/mol. The molecule has 1 fully saturated rings. The van der Waals surface area contributed by atoms with E-state index >= 15 is 0 Å². The Morgan fingerprint density at radius 2 is 1.96 bits per heavy atom. The molecule has 1 N–H and O–H groups in total. The lowest BCUT2D eigenvalue weighted by Gasteiger charge is -2.34. The summed E-state index contributed by atoms with van der Waals surface area (Å²) in [5.74, 6) is 4.04. The van der Waals surface area contributed by atoms with Crippen LogP contribution in [-0.2, 0) is 6.54 Å². The Morgan fingerprint density at radius 3 is 2.58 bits per heavy atom. The van der Waals surface area contributed by atoms with Crippen molar-refractivity contribution in [1.82, 2.24) is 10.2 Å². The Balaban J connectivity index is 2.23. The number of hydrogen-bond acceptors (Lipinski definition) is 5. The monoisotopic (exact) mass is 381 g/mol. The van der Waals surface area contributed by atoms with Crippen LogP contribution < -0.4 is 19.5 Å². The summed E-state index contributed by atoms with van der Waals surface area (Å²) >= 11 is 2.06. The van der Waals surface area contributed by atoms with Crippen LogP contribution in [0.2, 0.25) is 0 Å². The summed E-state index contributed by atoms with van der Waals surface area (Å²) < 4.78 is 16.4. The molecule has 0 spiro atoms. The topological polar surface area (TPSA) is 55.3 Å². The average Bonchev–Trinajstić information content (AvgIpc) is 2.70. The molecule has 1 heterocycles. The summed E-state index contributed by atoms with van der Waals surface area (Å²) in [6.45, 7) is 7.78. The first-order valence-electron chi connectivity index (χ1n) is 9.11. The first kappa shape index (κ1) is 20.6. The third-order valence-electron chi connectivity index (χ3n) is 4.41. The quantitative estimate of drug-likeness (QED) is 0.579. The van der Waals surface area contributed by atoms with Gasteiger partial charge in [-0.25, -0.2) is 4.99 Å². The molecule has 0 bridgehead atoms. The van der Waals surface area contributed by atoms with Gasteiger partial charge >= 0.3 is 0 Å².